The van der Waals surface area contributed by atoms with Gasteiger partial charge in [-0.3, -0.25) is 0 Å². The molecule has 0 aliphatic rings. The van der Waals surface area contributed by atoms with Gasteiger partial charge in [-0.1, -0.05) is 48.5 Å². The maximum absolute atomic E-state index is 5.77. The minimum absolute atomic E-state index is 0.514. The van der Waals surface area contributed by atoms with Gasteiger partial charge in [0.15, 0.2) is 0 Å². The molecule has 2 aromatic carbocycles. The van der Waals surface area contributed by atoms with E-state index in [4.69, 9.17) is 21.1 Å². The molecule has 2 nitrogen and oxygen atoms in total. The molecule has 2 aromatic rings. The van der Waals surface area contributed by atoms with Crippen LogP contribution in [0, 0.1) is 0 Å². The maximum Gasteiger partial charge on any atom is 0.127 e. The molecule has 0 spiro atoms. The summed E-state index contributed by atoms with van der Waals surface area (Å²) in [5.41, 5.74) is 2.25. The molecule has 3 heteroatoms. The summed E-state index contributed by atoms with van der Waals surface area (Å²) in [6.07, 6.45) is 0. The predicted molar refractivity (Wildman–Crippen MR) is 78.9 cm³/mol. The van der Waals surface area contributed by atoms with Crippen LogP contribution in [0.15, 0.2) is 54.6 Å². The molecular weight excluding hydrogens is 260 g/mol. The predicted octanol–water partition coefficient (Wildman–Crippen LogP) is 3.99. The Labute approximate surface area is 118 Å². The zero-order chi connectivity index (χ0) is 13.3. The van der Waals surface area contributed by atoms with Crippen LogP contribution >= 0.6 is 11.6 Å². The summed E-state index contributed by atoms with van der Waals surface area (Å²) in [4.78, 5) is 0. The first kappa shape index (κ1) is 13.9. The molecule has 0 heterocycles. The monoisotopic (exact) mass is 276 g/mol. The second kappa shape index (κ2) is 7.82. The van der Waals surface area contributed by atoms with E-state index in [2.05, 4.69) is 18.2 Å². The van der Waals surface area contributed by atoms with Crippen molar-refractivity contribution >= 4 is 11.6 Å². The van der Waals surface area contributed by atoms with E-state index in [1.54, 1.807) is 0 Å². The van der Waals surface area contributed by atoms with Gasteiger partial charge in [0.25, 0.3) is 0 Å². The molecule has 0 saturated heterocycles. The van der Waals surface area contributed by atoms with Crippen LogP contribution in [-0.4, -0.2) is 25.7 Å². The number of benzene rings is 2. The highest BCUT2D eigenvalue weighted by atomic mass is 35.5. The molecule has 2 rings (SSSR count). The van der Waals surface area contributed by atoms with Crippen molar-refractivity contribution in [1.82, 2.24) is 0 Å². The average Bonchev–Trinajstić information content (AvgIpc) is 2.48. The molecule has 0 atom stereocenters. The molecule has 0 fully saturated rings. The van der Waals surface area contributed by atoms with Crippen LogP contribution in [0.5, 0.6) is 5.75 Å². The minimum Gasteiger partial charge on any atom is -0.491 e. The highest BCUT2D eigenvalue weighted by Gasteiger charge is 2.04. The van der Waals surface area contributed by atoms with Crippen molar-refractivity contribution in [3.05, 3.63) is 54.6 Å². The van der Waals surface area contributed by atoms with E-state index >= 15 is 0 Å². The molecule has 0 N–H and O–H groups in total. The van der Waals surface area contributed by atoms with E-state index in [9.17, 15) is 0 Å². The average molecular weight is 277 g/mol. The number of rotatable bonds is 7. The van der Waals surface area contributed by atoms with Gasteiger partial charge >= 0.3 is 0 Å². The maximum atomic E-state index is 5.77. The fourth-order valence-electron chi connectivity index (χ4n) is 1.82. The topological polar surface area (TPSA) is 18.5 Å². The van der Waals surface area contributed by atoms with Crippen LogP contribution in [-0.2, 0) is 4.74 Å². The van der Waals surface area contributed by atoms with Crippen LogP contribution in [0.25, 0.3) is 11.1 Å². The van der Waals surface area contributed by atoms with Gasteiger partial charge in [0.2, 0.25) is 0 Å². The van der Waals surface area contributed by atoms with Crippen molar-refractivity contribution in [2.45, 2.75) is 0 Å². The third-order valence-electron chi connectivity index (χ3n) is 2.68. The van der Waals surface area contributed by atoms with E-state index in [0.29, 0.717) is 25.7 Å². The Hall–Kier alpha value is -1.51. The fraction of sp³-hybridized carbons (Fsp3) is 0.250. The number of ether oxygens (including phenoxy) is 2. The molecule has 0 bridgehead atoms. The first-order chi connectivity index (χ1) is 9.42. The molecule has 0 aliphatic heterocycles. The quantitative estimate of drug-likeness (QED) is 0.562. The molecule has 0 saturated carbocycles. The van der Waals surface area contributed by atoms with E-state index in [-0.39, 0.29) is 0 Å². The third-order valence-corrected chi connectivity index (χ3v) is 2.83. The molecule has 100 valence electrons. The Morgan fingerprint density at radius 2 is 1.53 bits per heavy atom. The summed E-state index contributed by atoms with van der Waals surface area (Å²) in [5, 5.41) is 0. The zero-order valence-electron chi connectivity index (χ0n) is 10.7. The first-order valence-electron chi connectivity index (χ1n) is 6.33. The van der Waals surface area contributed by atoms with Gasteiger partial charge in [0, 0.05) is 11.4 Å². The number of alkyl halides is 1. The second-order valence-corrected chi connectivity index (χ2v) is 4.39. The fourth-order valence-corrected chi connectivity index (χ4v) is 1.92. The molecular formula is C16H17ClO2. The SMILES string of the molecule is ClCCOCCOc1ccccc1-c1ccccc1. The Bertz CT molecular complexity index is 485. The lowest BCUT2D eigenvalue weighted by Gasteiger charge is -2.11. The van der Waals surface area contributed by atoms with Gasteiger partial charge in [-0.05, 0) is 11.6 Å². The Morgan fingerprint density at radius 1 is 0.789 bits per heavy atom. The van der Waals surface area contributed by atoms with Crippen LogP contribution in [0.1, 0.15) is 0 Å². The Kier molecular flexibility index (Phi) is 5.73. The van der Waals surface area contributed by atoms with Crippen LogP contribution < -0.4 is 4.74 Å². The van der Waals surface area contributed by atoms with Crippen LogP contribution in [0.4, 0.5) is 0 Å². The van der Waals surface area contributed by atoms with Crippen molar-refractivity contribution in [3.8, 4) is 16.9 Å². The molecule has 0 amide bonds. The van der Waals surface area contributed by atoms with Gasteiger partial charge in [-0.2, -0.15) is 0 Å². The van der Waals surface area contributed by atoms with Gasteiger partial charge in [-0.15, -0.1) is 11.6 Å². The van der Waals surface area contributed by atoms with Crippen LogP contribution in [0.3, 0.4) is 0 Å². The largest absolute Gasteiger partial charge is 0.491 e. The zero-order valence-corrected chi connectivity index (χ0v) is 11.5. The highest BCUT2D eigenvalue weighted by molar-refractivity contribution is 6.17. The summed E-state index contributed by atoms with van der Waals surface area (Å²) in [6.45, 7) is 1.64. The molecule has 0 aromatic heterocycles. The summed E-state index contributed by atoms with van der Waals surface area (Å²) < 4.78 is 11.1. The molecule has 19 heavy (non-hydrogen) atoms. The van der Waals surface area contributed by atoms with E-state index < -0.39 is 0 Å². The standard InChI is InChI=1S/C16H17ClO2/c17-10-11-18-12-13-19-16-9-5-4-8-15(16)14-6-2-1-3-7-14/h1-9H,10-13H2. The van der Waals surface area contributed by atoms with E-state index in [1.165, 1.54) is 0 Å². The molecule has 0 aliphatic carbocycles. The summed E-state index contributed by atoms with van der Waals surface area (Å²) in [7, 11) is 0. The Balaban J connectivity index is 2.01. The van der Waals surface area contributed by atoms with E-state index in [1.807, 2.05) is 36.4 Å². The van der Waals surface area contributed by atoms with Gasteiger partial charge in [-0.25, -0.2) is 0 Å². The van der Waals surface area contributed by atoms with Crippen molar-refractivity contribution < 1.29 is 9.47 Å². The van der Waals surface area contributed by atoms with Crippen molar-refractivity contribution in [3.63, 3.8) is 0 Å². The Morgan fingerprint density at radius 3 is 2.32 bits per heavy atom. The van der Waals surface area contributed by atoms with Crippen LogP contribution in [0.2, 0.25) is 0 Å². The van der Waals surface area contributed by atoms with Crippen molar-refractivity contribution in [1.29, 1.82) is 0 Å². The molecule has 0 radical (unpaired) electrons. The molecule has 0 unspecified atom stereocenters. The van der Waals surface area contributed by atoms with Gasteiger partial charge in [0.1, 0.15) is 12.4 Å². The third kappa shape index (κ3) is 4.27. The second-order valence-electron chi connectivity index (χ2n) is 4.01. The number of hydrogen-bond donors (Lipinski definition) is 0. The normalized spacial score (nSPS) is 10.4. The highest BCUT2D eigenvalue weighted by Crippen LogP contribution is 2.29. The van der Waals surface area contributed by atoms with Crippen molar-refractivity contribution in [2.24, 2.45) is 0 Å². The smallest absolute Gasteiger partial charge is 0.127 e. The van der Waals surface area contributed by atoms with Crippen molar-refractivity contribution in [2.75, 3.05) is 25.7 Å². The lowest BCUT2D eigenvalue weighted by atomic mass is 10.1. The first-order valence-corrected chi connectivity index (χ1v) is 6.86. The minimum atomic E-state index is 0.514. The van der Waals surface area contributed by atoms with Gasteiger partial charge in [0.05, 0.1) is 13.2 Å². The summed E-state index contributed by atoms with van der Waals surface area (Å²) >= 11 is 5.54. The number of hydrogen-bond acceptors (Lipinski definition) is 2. The lowest BCUT2D eigenvalue weighted by molar-refractivity contribution is 0.111. The number of para-hydroxylation sites is 1. The lowest BCUT2D eigenvalue weighted by Crippen LogP contribution is -2.08. The summed E-state index contributed by atoms with van der Waals surface area (Å²) in [6, 6.07) is 18.2. The van der Waals surface area contributed by atoms with E-state index in [0.717, 1.165) is 16.9 Å². The van der Waals surface area contributed by atoms with Gasteiger partial charge < -0.3 is 9.47 Å². The number of halogens is 1. The summed E-state index contributed by atoms with van der Waals surface area (Å²) in [5.74, 6) is 1.39.